The molecule has 11 heavy (non-hydrogen) atoms. The summed E-state index contributed by atoms with van der Waals surface area (Å²) in [5.74, 6) is 0.845. The number of amidine groups is 1. The van der Waals surface area contributed by atoms with Crippen molar-refractivity contribution < 1.29 is 0 Å². The highest BCUT2D eigenvalue weighted by molar-refractivity contribution is 5.96. The Morgan fingerprint density at radius 1 is 1.18 bits per heavy atom. The molecule has 0 saturated heterocycles. The van der Waals surface area contributed by atoms with Crippen LogP contribution in [-0.2, 0) is 0 Å². The van der Waals surface area contributed by atoms with Gasteiger partial charge >= 0.3 is 0 Å². The number of allylic oxidation sites excluding steroid dienone is 3. The van der Waals surface area contributed by atoms with Crippen molar-refractivity contribution in [1.82, 2.24) is 5.01 Å². The van der Waals surface area contributed by atoms with Gasteiger partial charge in [-0.1, -0.05) is 6.08 Å². The van der Waals surface area contributed by atoms with Crippen LogP contribution < -0.4 is 0 Å². The molecule has 0 bridgehead atoms. The summed E-state index contributed by atoms with van der Waals surface area (Å²) in [6, 6.07) is 0. The van der Waals surface area contributed by atoms with E-state index in [1.807, 2.05) is 24.4 Å². The largest absolute Gasteiger partial charge is 0.237 e. The Morgan fingerprint density at radius 2 is 2.18 bits per heavy atom. The van der Waals surface area contributed by atoms with Crippen LogP contribution >= 0.6 is 0 Å². The van der Waals surface area contributed by atoms with Crippen molar-refractivity contribution in [2.45, 2.75) is 0 Å². The summed E-state index contributed by atoms with van der Waals surface area (Å²) in [6.07, 6.45) is 12.9. The zero-order valence-corrected chi connectivity index (χ0v) is 5.88. The Morgan fingerprint density at radius 3 is 3.18 bits per heavy atom. The minimum Gasteiger partial charge on any atom is -0.237 e. The van der Waals surface area contributed by atoms with Gasteiger partial charge in [0.25, 0.3) is 0 Å². The molecular formula is C8H7N3. The van der Waals surface area contributed by atoms with Gasteiger partial charge in [-0.2, -0.15) is 5.10 Å². The summed E-state index contributed by atoms with van der Waals surface area (Å²) >= 11 is 0. The molecule has 0 amide bonds. The number of aliphatic imine (C=N–C) groups is 1. The molecule has 0 atom stereocenters. The molecule has 0 unspecified atom stereocenters. The summed E-state index contributed by atoms with van der Waals surface area (Å²) in [7, 11) is 0. The maximum Gasteiger partial charge on any atom is 0.153 e. The average molecular weight is 145 g/mol. The van der Waals surface area contributed by atoms with Crippen molar-refractivity contribution in [3.8, 4) is 0 Å². The van der Waals surface area contributed by atoms with Crippen LogP contribution in [0.25, 0.3) is 0 Å². The molecule has 2 rings (SSSR count). The monoisotopic (exact) mass is 145 g/mol. The molecule has 0 aromatic carbocycles. The van der Waals surface area contributed by atoms with E-state index in [4.69, 9.17) is 0 Å². The van der Waals surface area contributed by atoms with E-state index in [2.05, 4.69) is 10.1 Å². The number of hydrogen-bond donors (Lipinski definition) is 0. The summed E-state index contributed by atoms with van der Waals surface area (Å²) in [4.78, 5) is 4.14. The van der Waals surface area contributed by atoms with Gasteiger partial charge < -0.3 is 0 Å². The van der Waals surface area contributed by atoms with Crippen molar-refractivity contribution >= 4 is 12.1 Å². The highest BCUT2D eigenvalue weighted by atomic mass is 15.5. The SMILES string of the molecule is C1=CN=C2C=CC=CN2N=C1. The normalized spacial score (nSPS) is 19.6. The number of rotatable bonds is 0. The zero-order chi connectivity index (χ0) is 7.52. The molecule has 3 nitrogen and oxygen atoms in total. The third-order valence-electron chi connectivity index (χ3n) is 1.39. The highest BCUT2D eigenvalue weighted by Gasteiger charge is 2.05. The van der Waals surface area contributed by atoms with Gasteiger partial charge in [-0.05, 0) is 18.2 Å². The Bertz CT molecular complexity index is 294. The molecule has 0 fully saturated rings. The second-order valence-electron chi connectivity index (χ2n) is 2.14. The molecule has 0 saturated carbocycles. The average Bonchev–Trinajstić information content (AvgIpc) is 2.28. The fraction of sp³-hybridized carbons (Fsp3) is 0. The van der Waals surface area contributed by atoms with E-state index in [0.29, 0.717) is 0 Å². The van der Waals surface area contributed by atoms with Crippen LogP contribution in [0.5, 0.6) is 0 Å². The smallest absolute Gasteiger partial charge is 0.153 e. The molecule has 2 aliphatic rings. The summed E-state index contributed by atoms with van der Waals surface area (Å²) in [5, 5.41) is 5.82. The third-order valence-corrected chi connectivity index (χ3v) is 1.39. The molecule has 54 valence electrons. The second-order valence-corrected chi connectivity index (χ2v) is 2.14. The zero-order valence-electron chi connectivity index (χ0n) is 5.88. The van der Waals surface area contributed by atoms with Crippen LogP contribution in [0.3, 0.4) is 0 Å². The molecule has 0 spiro atoms. The predicted octanol–water partition coefficient (Wildman–Crippen LogP) is 1.28. The molecule has 3 heteroatoms. The lowest BCUT2D eigenvalue weighted by Crippen LogP contribution is -2.18. The summed E-state index contributed by atoms with van der Waals surface area (Å²) in [6.45, 7) is 0. The van der Waals surface area contributed by atoms with E-state index in [1.165, 1.54) is 0 Å². The van der Waals surface area contributed by atoms with E-state index in [9.17, 15) is 0 Å². The molecule has 0 aliphatic carbocycles. The summed E-state index contributed by atoms with van der Waals surface area (Å²) in [5.41, 5.74) is 0. The number of nitrogens with zero attached hydrogens (tertiary/aromatic N) is 3. The van der Waals surface area contributed by atoms with Crippen LogP contribution in [0.4, 0.5) is 0 Å². The van der Waals surface area contributed by atoms with Crippen LogP contribution in [0.1, 0.15) is 0 Å². The van der Waals surface area contributed by atoms with E-state index in [-0.39, 0.29) is 0 Å². The number of hydrogen-bond acceptors (Lipinski definition) is 3. The van der Waals surface area contributed by atoms with Crippen LogP contribution in [0.15, 0.2) is 46.8 Å². The fourth-order valence-electron chi connectivity index (χ4n) is 0.894. The first-order chi connectivity index (χ1) is 5.47. The first-order valence-electron chi connectivity index (χ1n) is 3.38. The van der Waals surface area contributed by atoms with E-state index in [0.717, 1.165) is 5.84 Å². The second kappa shape index (κ2) is 2.54. The van der Waals surface area contributed by atoms with Crippen LogP contribution in [0.2, 0.25) is 0 Å². The highest BCUT2D eigenvalue weighted by Crippen LogP contribution is 2.04. The van der Waals surface area contributed by atoms with Crippen molar-refractivity contribution in [2.24, 2.45) is 10.1 Å². The molecule has 0 N–H and O–H groups in total. The minimum atomic E-state index is 0.845. The fourth-order valence-corrected chi connectivity index (χ4v) is 0.894. The first kappa shape index (κ1) is 6.09. The Hall–Kier alpha value is -1.64. The third kappa shape index (κ3) is 1.12. The van der Waals surface area contributed by atoms with Crippen molar-refractivity contribution in [3.05, 3.63) is 36.7 Å². The molecule has 2 heterocycles. The van der Waals surface area contributed by atoms with Crippen LogP contribution in [0, 0.1) is 0 Å². The number of fused-ring (bicyclic) bond motifs is 1. The molecule has 0 aromatic rings. The van der Waals surface area contributed by atoms with Crippen molar-refractivity contribution in [1.29, 1.82) is 0 Å². The van der Waals surface area contributed by atoms with Gasteiger partial charge in [0.15, 0.2) is 5.84 Å². The van der Waals surface area contributed by atoms with E-state index < -0.39 is 0 Å². The summed E-state index contributed by atoms with van der Waals surface area (Å²) < 4.78 is 0. The predicted molar refractivity (Wildman–Crippen MR) is 45.2 cm³/mol. The quantitative estimate of drug-likeness (QED) is 0.504. The van der Waals surface area contributed by atoms with Gasteiger partial charge in [0.1, 0.15) is 0 Å². The molecule has 0 radical (unpaired) electrons. The Kier molecular flexibility index (Phi) is 1.41. The number of hydrazone groups is 1. The molecular weight excluding hydrogens is 138 g/mol. The topological polar surface area (TPSA) is 28.0 Å². The van der Waals surface area contributed by atoms with Gasteiger partial charge in [-0.3, -0.25) is 0 Å². The molecule has 0 aromatic heterocycles. The maximum absolute atomic E-state index is 4.14. The van der Waals surface area contributed by atoms with Gasteiger partial charge in [0.05, 0.1) is 0 Å². The van der Waals surface area contributed by atoms with E-state index in [1.54, 1.807) is 23.5 Å². The van der Waals surface area contributed by atoms with Crippen molar-refractivity contribution in [3.63, 3.8) is 0 Å². The standard InChI is InChI=1S/C8H7N3/c1-2-7-11-8(4-1)9-5-3-6-10-11/h1-7H. The Balaban J connectivity index is 2.39. The van der Waals surface area contributed by atoms with Gasteiger partial charge in [-0.25, -0.2) is 10.0 Å². The maximum atomic E-state index is 4.14. The van der Waals surface area contributed by atoms with Crippen molar-refractivity contribution in [2.75, 3.05) is 0 Å². The van der Waals surface area contributed by atoms with Gasteiger partial charge in [-0.15, -0.1) is 0 Å². The lowest BCUT2D eigenvalue weighted by molar-refractivity contribution is 0.608. The van der Waals surface area contributed by atoms with Gasteiger partial charge in [0, 0.05) is 18.6 Å². The van der Waals surface area contributed by atoms with Crippen LogP contribution in [-0.4, -0.2) is 17.1 Å². The lowest BCUT2D eigenvalue weighted by Gasteiger charge is -2.13. The minimum absolute atomic E-state index is 0.845. The van der Waals surface area contributed by atoms with E-state index >= 15 is 0 Å². The lowest BCUT2D eigenvalue weighted by atomic mass is 10.4. The first-order valence-corrected chi connectivity index (χ1v) is 3.38. The van der Waals surface area contributed by atoms with Gasteiger partial charge in [0.2, 0.25) is 0 Å². The molecule has 2 aliphatic heterocycles. The Labute approximate surface area is 64.7 Å².